The van der Waals surface area contributed by atoms with Gasteiger partial charge in [-0.05, 0) is 130 Å². The zero-order valence-corrected chi connectivity index (χ0v) is 39.6. The average Bonchev–Trinajstić information content (AvgIpc) is 3.74. The maximum atomic E-state index is 4.93. The molecular formula is C44H74Cl2SSiZr. The zero-order valence-electron chi connectivity index (χ0n) is 33.8. The maximum absolute atomic E-state index is 4.93. The minimum atomic E-state index is -1.55. The van der Waals surface area contributed by atoms with Gasteiger partial charge in [0, 0.05) is 10.5 Å². The first kappa shape index (κ1) is 43.0. The Morgan fingerprint density at radius 1 is 0.694 bits per heavy atom. The van der Waals surface area contributed by atoms with Crippen LogP contribution in [0.15, 0.2) is 18.2 Å². The first-order valence-corrected chi connectivity index (χ1v) is 30.2. The molecule has 0 aromatic heterocycles. The summed E-state index contributed by atoms with van der Waals surface area (Å²) in [5.41, 5.74) is 7.37. The van der Waals surface area contributed by atoms with E-state index in [0.29, 0.717) is 0 Å². The molecule has 1 aliphatic heterocycles. The van der Waals surface area contributed by atoms with Gasteiger partial charge in [-0.1, -0.05) is 119 Å². The van der Waals surface area contributed by atoms with Crippen LogP contribution in [0.2, 0.25) is 24.2 Å². The Morgan fingerprint density at radius 3 is 1.86 bits per heavy atom. The van der Waals surface area contributed by atoms with Crippen molar-refractivity contribution in [2.45, 2.75) is 172 Å². The fourth-order valence-corrected chi connectivity index (χ4v) is 22.8. The first-order chi connectivity index (χ1) is 22.0. The van der Waals surface area contributed by atoms with Gasteiger partial charge >= 0.3 is 37.9 Å². The molecule has 0 spiro atoms. The molecule has 0 radical (unpaired) electrons. The van der Waals surface area contributed by atoms with Crippen molar-refractivity contribution >= 4 is 36.9 Å². The molecule has 5 aliphatic carbocycles. The molecule has 49 heavy (non-hydrogen) atoms. The number of thioether (sulfide) groups is 1. The predicted octanol–water partition coefficient (Wildman–Crippen LogP) is 14.8. The fraction of sp³-hybridized carbons (Fsp3) is 0.818. The average molecular weight is 825 g/mol. The van der Waals surface area contributed by atoms with E-state index in [-0.39, 0.29) is 25.7 Å². The number of hydrogen-bond donors (Lipinski definition) is 0. The van der Waals surface area contributed by atoms with Crippen LogP contribution < -0.4 is 0 Å². The number of benzene rings is 1. The van der Waals surface area contributed by atoms with Crippen molar-refractivity contribution in [3.63, 3.8) is 0 Å². The number of halogens is 2. The summed E-state index contributed by atoms with van der Waals surface area (Å²) in [5.74, 6) is 9.45. The van der Waals surface area contributed by atoms with Crippen molar-refractivity contribution in [3.8, 4) is 0 Å². The van der Waals surface area contributed by atoms with Gasteiger partial charge in [0.2, 0.25) is 0 Å². The van der Waals surface area contributed by atoms with Crippen LogP contribution in [0.3, 0.4) is 0 Å². The second-order valence-corrected chi connectivity index (χ2v) is 30.5. The molecular weight excluding hydrogens is 751 g/mol. The van der Waals surface area contributed by atoms with Crippen molar-refractivity contribution in [1.29, 1.82) is 0 Å². The molecule has 0 nitrogen and oxygen atoms in total. The predicted molar refractivity (Wildman–Crippen MR) is 221 cm³/mol. The van der Waals surface area contributed by atoms with Crippen LogP contribution in [0.25, 0.3) is 0 Å². The van der Waals surface area contributed by atoms with Crippen molar-refractivity contribution in [1.82, 2.24) is 0 Å². The molecule has 1 aromatic carbocycles. The molecule has 278 valence electrons. The molecule has 6 fully saturated rings. The van der Waals surface area contributed by atoms with Crippen molar-refractivity contribution in [2.24, 2.45) is 53.3 Å². The molecule has 1 heterocycles. The van der Waals surface area contributed by atoms with Crippen LogP contribution in [-0.4, -0.2) is 18.6 Å². The summed E-state index contributed by atoms with van der Waals surface area (Å²) in [4.78, 5) is 0. The van der Waals surface area contributed by atoms with Gasteiger partial charge < -0.3 is 14.9 Å². The summed E-state index contributed by atoms with van der Waals surface area (Å²) < 4.78 is 0. The van der Waals surface area contributed by atoms with E-state index in [4.69, 9.17) is 17.0 Å². The third-order valence-corrected chi connectivity index (χ3v) is 22.9. The van der Waals surface area contributed by atoms with Crippen LogP contribution in [0.4, 0.5) is 0 Å². The second-order valence-electron chi connectivity index (χ2n) is 20.3. The van der Waals surface area contributed by atoms with E-state index < -0.39 is 28.9 Å². The first-order valence-electron chi connectivity index (χ1n) is 19.8. The molecule has 14 unspecified atom stereocenters. The Kier molecular flexibility index (Phi) is 14.2. The standard InChI is InChI=1S/C42H68SSi.2CH3.2ClH.Zr/c1-24-19-33-34(39(24)44(10,11)40-26(3)25(2)38-37(40)32-16-12-13-18-35(32)43-38)22-27-15-14-17-31(27)36(33)28-20-29(41(4,5)6)23-30(21-28)42(7,8)9;;;;;/h20-21,23-27,31-40H,12-19,22H2,1-11H3;2*1H3;2*1H;/q;2*-1;;;+4/p-2. The van der Waals surface area contributed by atoms with E-state index in [1.807, 2.05) is 0 Å². The Labute approximate surface area is 329 Å². The molecule has 0 N–H and O–H groups in total. The van der Waals surface area contributed by atoms with E-state index in [1.54, 1.807) is 29.5 Å². The zero-order chi connectivity index (χ0) is 34.2. The van der Waals surface area contributed by atoms with E-state index in [2.05, 4.69) is 105 Å². The Bertz CT molecular complexity index is 1220. The molecule has 0 amide bonds. The van der Waals surface area contributed by atoms with Crippen LogP contribution in [0, 0.1) is 68.1 Å². The molecule has 5 heteroatoms. The minimum absolute atomic E-state index is 0. The van der Waals surface area contributed by atoms with Crippen LogP contribution in [0.5, 0.6) is 0 Å². The van der Waals surface area contributed by atoms with Crippen LogP contribution >= 0.6 is 28.8 Å². The molecule has 0 bridgehead atoms. The van der Waals surface area contributed by atoms with E-state index in [9.17, 15) is 0 Å². The Balaban J connectivity index is 0.00000104. The van der Waals surface area contributed by atoms with Crippen molar-refractivity contribution < 1.29 is 20.8 Å². The summed E-state index contributed by atoms with van der Waals surface area (Å²) in [6.07, 6.45) is 13.7. The molecule has 6 aliphatic rings. The Morgan fingerprint density at radius 2 is 1.27 bits per heavy atom. The quantitative estimate of drug-likeness (QED) is 0.216. The monoisotopic (exact) mass is 822 g/mol. The molecule has 1 aromatic rings. The van der Waals surface area contributed by atoms with E-state index >= 15 is 0 Å². The number of fused-ring (bicyclic) bond motifs is 5. The molecule has 14 atom stereocenters. The number of hydrogen-bond acceptors (Lipinski definition) is 1. The van der Waals surface area contributed by atoms with Gasteiger partial charge in [-0.25, -0.2) is 0 Å². The van der Waals surface area contributed by atoms with Gasteiger partial charge in [0.05, 0.1) is 8.07 Å². The van der Waals surface area contributed by atoms with Gasteiger partial charge in [0.1, 0.15) is 0 Å². The van der Waals surface area contributed by atoms with Gasteiger partial charge in [-0.2, -0.15) is 11.8 Å². The SMILES string of the molecule is CC1CC2C(CC3CCCC3C2c2cc(C(C)(C)C)cc(C(C)(C)C)c2)C1[Si](C)(C)C1C(C)C(C)C2SC3CCCCC3C21.[CH3-].[CH3-].[Cl][Zr+2][Cl]. The molecule has 5 saturated carbocycles. The second kappa shape index (κ2) is 16.2. The number of rotatable bonds is 3. The molecule has 7 rings (SSSR count). The third-order valence-electron chi connectivity index (χ3n) is 15.6. The van der Waals surface area contributed by atoms with Crippen LogP contribution in [0.1, 0.15) is 143 Å². The summed E-state index contributed by atoms with van der Waals surface area (Å²) in [7, 11) is 8.32. The topological polar surface area (TPSA) is 0 Å². The van der Waals surface area contributed by atoms with E-state index in [0.717, 1.165) is 80.8 Å². The Hall–Kier alpha value is 1.25. The summed E-state index contributed by atoms with van der Waals surface area (Å²) in [6.45, 7) is 28.7. The van der Waals surface area contributed by atoms with Gasteiger partial charge in [0.25, 0.3) is 0 Å². The molecule has 1 saturated heterocycles. The van der Waals surface area contributed by atoms with Gasteiger partial charge in [0.15, 0.2) is 0 Å². The van der Waals surface area contributed by atoms with Gasteiger partial charge in [-0.3, -0.25) is 0 Å². The summed E-state index contributed by atoms with van der Waals surface area (Å²) >= 11 is 1.68. The van der Waals surface area contributed by atoms with Crippen molar-refractivity contribution in [2.75, 3.05) is 0 Å². The normalized spacial score (nSPS) is 41.2. The van der Waals surface area contributed by atoms with Crippen LogP contribution in [-0.2, 0) is 31.7 Å². The third kappa shape index (κ3) is 7.86. The fourth-order valence-electron chi connectivity index (χ4n) is 13.7. The summed E-state index contributed by atoms with van der Waals surface area (Å²) in [6, 6.07) is 8.02. The summed E-state index contributed by atoms with van der Waals surface area (Å²) in [5, 5.41) is 1.97. The van der Waals surface area contributed by atoms with E-state index in [1.165, 1.54) is 44.9 Å². The van der Waals surface area contributed by atoms with Crippen molar-refractivity contribution in [3.05, 3.63) is 49.7 Å². The van der Waals surface area contributed by atoms with Gasteiger partial charge in [-0.15, -0.1) is 0 Å².